The summed E-state index contributed by atoms with van der Waals surface area (Å²) in [5, 5.41) is 21.0. The molecule has 3 aromatic rings. The minimum Gasteiger partial charge on any atom is -0.497 e. The molecule has 0 aliphatic heterocycles. The molecule has 0 aliphatic carbocycles. The second-order valence-electron chi connectivity index (χ2n) is 6.37. The molecule has 0 unspecified atom stereocenters. The lowest BCUT2D eigenvalue weighted by Crippen LogP contribution is -2.29. The van der Waals surface area contributed by atoms with Crippen LogP contribution in [0.4, 0.5) is 5.69 Å². The van der Waals surface area contributed by atoms with Crippen molar-refractivity contribution in [2.75, 3.05) is 13.7 Å². The number of ether oxygens (including phenoxy) is 1. The maximum absolute atomic E-state index is 12.0. The van der Waals surface area contributed by atoms with E-state index in [9.17, 15) is 14.7 Å². The van der Waals surface area contributed by atoms with Gasteiger partial charge in [-0.25, -0.2) is 0 Å². The van der Waals surface area contributed by atoms with E-state index in [1.165, 1.54) is 4.57 Å². The van der Waals surface area contributed by atoms with Gasteiger partial charge in [0.05, 0.1) is 25.6 Å². The van der Waals surface area contributed by atoms with Gasteiger partial charge in [-0.1, -0.05) is 36.3 Å². The van der Waals surface area contributed by atoms with E-state index in [4.69, 9.17) is 11.2 Å². The van der Waals surface area contributed by atoms with Crippen molar-refractivity contribution < 1.29 is 19.4 Å². The van der Waals surface area contributed by atoms with Crippen molar-refractivity contribution in [2.45, 2.75) is 13.0 Å². The third-order valence-corrected chi connectivity index (χ3v) is 4.39. The number of fused-ring (bicyclic) bond motifs is 1. The van der Waals surface area contributed by atoms with Crippen LogP contribution in [0.15, 0.2) is 58.8 Å². The number of rotatable bonds is 7. The molecule has 1 aromatic heterocycles. The van der Waals surface area contributed by atoms with Crippen LogP contribution in [0.3, 0.4) is 0 Å². The van der Waals surface area contributed by atoms with Crippen molar-refractivity contribution >= 4 is 28.4 Å². The number of hydrogen-bond acceptors (Lipinski definition) is 5. The topological polar surface area (TPSA) is 105 Å². The molecule has 2 aromatic carbocycles. The molecule has 8 heteroatoms. The maximum Gasteiger partial charge on any atom is 0.283 e. The zero-order chi connectivity index (χ0) is 21.5. The van der Waals surface area contributed by atoms with E-state index in [1.807, 2.05) is 0 Å². The highest BCUT2D eigenvalue weighted by Crippen LogP contribution is 2.38. The van der Waals surface area contributed by atoms with Crippen molar-refractivity contribution in [3.63, 3.8) is 0 Å². The Morgan fingerprint density at radius 2 is 1.93 bits per heavy atom. The normalized spacial score (nSPS) is 10.8. The Balaban J connectivity index is 1.63. The average Bonchev–Trinajstić information content (AvgIpc) is 3.03. The summed E-state index contributed by atoms with van der Waals surface area (Å²) < 4.78 is 6.57. The lowest BCUT2D eigenvalue weighted by atomic mass is 10.1. The zero-order valence-electron chi connectivity index (χ0n) is 16.3. The number of hydrogen-bond donors (Lipinski definition) is 2. The number of nitrogens with zero attached hydrogens (tertiary/aromatic N) is 3. The first-order chi connectivity index (χ1) is 14.5. The monoisotopic (exact) mass is 404 g/mol. The van der Waals surface area contributed by atoms with E-state index in [1.54, 1.807) is 55.6 Å². The van der Waals surface area contributed by atoms with Crippen LogP contribution >= 0.6 is 0 Å². The Labute approximate surface area is 173 Å². The van der Waals surface area contributed by atoms with Gasteiger partial charge in [0.2, 0.25) is 11.8 Å². The zero-order valence-corrected chi connectivity index (χ0v) is 16.3. The minimum absolute atomic E-state index is 0.120. The van der Waals surface area contributed by atoms with Gasteiger partial charge in [0.25, 0.3) is 5.91 Å². The molecule has 0 aliphatic rings. The number of azo groups is 1. The van der Waals surface area contributed by atoms with E-state index < -0.39 is 5.91 Å². The number of methoxy groups -OCH3 is 1. The molecular formula is C22H20N4O4. The fourth-order valence-electron chi connectivity index (χ4n) is 2.93. The van der Waals surface area contributed by atoms with Gasteiger partial charge in [-0.05, 0) is 23.8 Å². The first kappa shape index (κ1) is 20.6. The Bertz CT molecular complexity index is 1140. The fourth-order valence-corrected chi connectivity index (χ4v) is 2.93. The van der Waals surface area contributed by atoms with Crippen molar-refractivity contribution in [2.24, 2.45) is 10.2 Å². The first-order valence-electron chi connectivity index (χ1n) is 9.11. The van der Waals surface area contributed by atoms with Crippen molar-refractivity contribution in [1.29, 1.82) is 0 Å². The van der Waals surface area contributed by atoms with Crippen LogP contribution in [-0.4, -0.2) is 35.1 Å². The number of amides is 2. The maximum atomic E-state index is 12.0. The molecule has 0 radical (unpaired) electrons. The molecule has 2 amide bonds. The van der Waals surface area contributed by atoms with E-state index in [0.717, 1.165) is 5.56 Å². The number of carbonyl (C=O) groups is 2. The van der Waals surface area contributed by atoms with Crippen LogP contribution in [0.2, 0.25) is 0 Å². The van der Waals surface area contributed by atoms with Gasteiger partial charge in [-0.2, -0.15) is 0 Å². The number of aromatic nitrogens is 1. The third-order valence-electron chi connectivity index (χ3n) is 4.39. The molecule has 3 rings (SSSR count). The summed E-state index contributed by atoms with van der Waals surface area (Å²) in [6.07, 6.45) is 5.47. The highest BCUT2D eigenvalue weighted by molar-refractivity contribution is 5.95. The molecule has 2 N–H and O–H groups in total. The van der Waals surface area contributed by atoms with Gasteiger partial charge in [0.1, 0.15) is 12.3 Å². The Hall–Kier alpha value is -4.12. The molecule has 0 spiro atoms. The summed E-state index contributed by atoms with van der Waals surface area (Å²) in [5.74, 6) is 2.02. The van der Waals surface area contributed by atoms with Crippen LogP contribution in [0, 0.1) is 12.3 Å². The van der Waals surface area contributed by atoms with Gasteiger partial charge in [-0.3, -0.25) is 14.2 Å². The van der Waals surface area contributed by atoms with Gasteiger partial charge < -0.3 is 15.2 Å². The summed E-state index contributed by atoms with van der Waals surface area (Å²) >= 11 is 0. The summed E-state index contributed by atoms with van der Waals surface area (Å²) in [6.45, 7) is -0.153. The Kier molecular flexibility index (Phi) is 6.45. The van der Waals surface area contributed by atoms with Crippen molar-refractivity contribution in [3.8, 4) is 24.0 Å². The van der Waals surface area contributed by atoms with Gasteiger partial charge in [0, 0.05) is 5.39 Å². The van der Waals surface area contributed by atoms with Crippen LogP contribution in [0.25, 0.3) is 10.9 Å². The van der Waals surface area contributed by atoms with Crippen LogP contribution in [0.5, 0.6) is 11.6 Å². The van der Waals surface area contributed by atoms with Gasteiger partial charge in [-0.15, -0.1) is 16.7 Å². The van der Waals surface area contributed by atoms with E-state index >= 15 is 0 Å². The van der Waals surface area contributed by atoms with Crippen LogP contribution < -0.4 is 10.1 Å². The molecular weight excluding hydrogens is 384 g/mol. The molecule has 8 nitrogen and oxygen atoms in total. The molecule has 0 saturated heterocycles. The van der Waals surface area contributed by atoms with Crippen LogP contribution in [-0.2, 0) is 22.6 Å². The number of nitrogens with one attached hydrogen (secondary N) is 1. The molecule has 30 heavy (non-hydrogen) atoms. The Morgan fingerprint density at radius 1 is 1.20 bits per heavy atom. The molecule has 0 atom stereocenters. The standard InChI is InChI=1S/C22H20N4O4/c1-3-12-26-18-7-5-4-6-17(18)21(22(26)29)25-24-20(28)14-23-19(27)13-15-8-10-16(30-2)11-9-15/h1,4-11,29H,12-14H2,2H3,(H,23,27). The summed E-state index contributed by atoms with van der Waals surface area (Å²) in [4.78, 5) is 24.0. The minimum atomic E-state index is -0.647. The average molecular weight is 404 g/mol. The first-order valence-corrected chi connectivity index (χ1v) is 9.11. The molecule has 0 bridgehead atoms. The fraction of sp³-hybridized carbons (Fsp3) is 0.182. The van der Waals surface area contributed by atoms with Crippen LogP contribution in [0.1, 0.15) is 5.56 Å². The van der Waals surface area contributed by atoms with Crippen molar-refractivity contribution in [3.05, 3.63) is 54.1 Å². The summed E-state index contributed by atoms with van der Waals surface area (Å²) in [6, 6.07) is 14.2. The lowest BCUT2D eigenvalue weighted by molar-refractivity contribution is -0.124. The van der Waals surface area contributed by atoms with Crippen molar-refractivity contribution in [1.82, 2.24) is 9.88 Å². The predicted molar refractivity (Wildman–Crippen MR) is 112 cm³/mol. The SMILES string of the molecule is C#CCn1c(O)c(N=NC(=O)CNC(=O)Cc2ccc(OC)cc2)c2ccccc21. The van der Waals surface area contributed by atoms with Gasteiger partial charge >= 0.3 is 0 Å². The third kappa shape index (κ3) is 4.64. The van der Waals surface area contributed by atoms with E-state index in [-0.39, 0.29) is 37.0 Å². The molecule has 0 fully saturated rings. The number of aromatic hydroxyl groups is 1. The van der Waals surface area contributed by atoms with E-state index in [0.29, 0.717) is 16.7 Å². The second kappa shape index (κ2) is 9.39. The number of carbonyl (C=O) groups excluding carboxylic acids is 2. The smallest absolute Gasteiger partial charge is 0.283 e. The molecule has 152 valence electrons. The lowest BCUT2D eigenvalue weighted by Gasteiger charge is -2.04. The Morgan fingerprint density at radius 3 is 2.63 bits per heavy atom. The summed E-state index contributed by atoms with van der Waals surface area (Å²) in [7, 11) is 1.56. The summed E-state index contributed by atoms with van der Waals surface area (Å²) in [5.41, 5.74) is 1.62. The quantitative estimate of drug-likeness (QED) is 0.466. The molecule has 0 saturated carbocycles. The number of benzene rings is 2. The van der Waals surface area contributed by atoms with E-state index in [2.05, 4.69) is 21.5 Å². The number of terminal acetylenes is 1. The molecule has 1 heterocycles. The highest BCUT2D eigenvalue weighted by Gasteiger charge is 2.16. The number of para-hydroxylation sites is 1. The second-order valence-corrected chi connectivity index (χ2v) is 6.37. The largest absolute Gasteiger partial charge is 0.497 e. The van der Waals surface area contributed by atoms with Gasteiger partial charge in [0.15, 0.2) is 5.69 Å². The predicted octanol–water partition coefficient (Wildman–Crippen LogP) is 2.96. The highest BCUT2D eigenvalue weighted by atomic mass is 16.5.